The first-order valence-corrected chi connectivity index (χ1v) is 6.13. The van der Waals surface area contributed by atoms with Crippen molar-refractivity contribution in [3.05, 3.63) is 38.4 Å². The molecule has 0 heterocycles. The molecule has 3 N–H and O–H groups in total. The van der Waals surface area contributed by atoms with Crippen LogP contribution in [-0.2, 0) is 10.1 Å². The summed E-state index contributed by atoms with van der Waals surface area (Å²) < 4.78 is 25.9. The van der Waals surface area contributed by atoms with Gasteiger partial charge in [0.2, 0.25) is 5.75 Å². The highest BCUT2D eigenvalue weighted by Crippen LogP contribution is 2.29. The number of rotatable bonds is 3. The lowest BCUT2D eigenvalue weighted by Gasteiger charge is -1.99. The first-order chi connectivity index (χ1) is 8.56. The Morgan fingerprint density at radius 1 is 1.26 bits per heavy atom. The quantitative estimate of drug-likeness (QED) is 0.449. The number of nitro benzene ring substituents is 2. The molecule has 1 aromatic rings. The Labute approximate surface area is 106 Å². The maximum atomic E-state index is 10.4. The van der Waals surface area contributed by atoms with Gasteiger partial charge in [-0.05, 0) is 6.07 Å². The Hall–Kier alpha value is -2.31. The number of nitrogens with two attached hydrogens (primary N) is 1. The molecule has 0 saturated carbocycles. The first-order valence-electron chi connectivity index (χ1n) is 4.28. The van der Waals surface area contributed by atoms with Crippen LogP contribution in [0.1, 0.15) is 0 Å². The fraction of sp³-hybridized carbons (Fsp3) is 0.143. The molecule has 106 valence electrons. The average Bonchev–Trinajstić information content (AvgIpc) is 2.25. The molecule has 1 rings (SSSR count). The zero-order chi connectivity index (χ0) is 15.2. The highest BCUT2D eigenvalue weighted by Gasteiger charge is 2.20. The van der Waals surface area contributed by atoms with Crippen molar-refractivity contribution in [2.75, 3.05) is 6.26 Å². The van der Waals surface area contributed by atoms with Gasteiger partial charge in [-0.15, -0.1) is 0 Å². The SMILES string of the molecule is CS(=O)(=O)O.NOc1ccc([N+](=O)[O-])cc1[N+](=O)[O-]. The van der Waals surface area contributed by atoms with E-state index in [0.29, 0.717) is 6.26 Å². The van der Waals surface area contributed by atoms with E-state index in [1.54, 1.807) is 0 Å². The Morgan fingerprint density at radius 2 is 1.74 bits per heavy atom. The second kappa shape index (κ2) is 6.58. The van der Waals surface area contributed by atoms with Gasteiger partial charge in [0.15, 0.2) is 0 Å². The van der Waals surface area contributed by atoms with Gasteiger partial charge in [0.05, 0.1) is 22.2 Å². The lowest BCUT2D eigenvalue weighted by Crippen LogP contribution is -2.05. The fourth-order valence-electron chi connectivity index (χ4n) is 0.862. The van der Waals surface area contributed by atoms with Gasteiger partial charge in [-0.3, -0.25) is 24.8 Å². The predicted octanol–water partition coefficient (Wildman–Crippen LogP) is 0.260. The summed E-state index contributed by atoms with van der Waals surface area (Å²) in [6.07, 6.45) is 0.715. The molecule has 11 nitrogen and oxygen atoms in total. The van der Waals surface area contributed by atoms with Crippen molar-refractivity contribution >= 4 is 21.5 Å². The van der Waals surface area contributed by atoms with Crippen LogP contribution in [0.15, 0.2) is 18.2 Å². The van der Waals surface area contributed by atoms with Crippen LogP contribution in [0.3, 0.4) is 0 Å². The van der Waals surface area contributed by atoms with E-state index in [9.17, 15) is 28.6 Å². The summed E-state index contributed by atoms with van der Waals surface area (Å²) in [5.41, 5.74) is -0.931. The van der Waals surface area contributed by atoms with Crippen LogP contribution in [0.2, 0.25) is 0 Å². The number of benzene rings is 1. The number of hydrogen-bond acceptors (Lipinski definition) is 8. The van der Waals surface area contributed by atoms with E-state index < -0.39 is 31.3 Å². The van der Waals surface area contributed by atoms with Crippen molar-refractivity contribution in [3.8, 4) is 5.75 Å². The summed E-state index contributed by atoms with van der Waals surface area (Å²) in [5, 5.41) is 20.7. The van der Waals surface area contributed by atoms with E-state index in [-0.39, 0.29) is 5.75 Å². The van der Waals surface area contributed by atoms with Crippen LogP contribution in [-0.4, -0.2) is 29.1 Å². The van der Waals surface area contributed by atoms with Gasteiger partial charge in [0.1, 0.15) is 0 Å². The topological polar surface area (TPSA) is 176 Å². The maximum absolute atomic E-state index is 10.4. The van der Waals surface area contributed by atoms with Crippen LogP contribution in [0.5, 0.6) is 5.75 Å². The summed E-state index contributed by atoms with van der Waals surface area (Å²) >= 11 is 0. The third-order valence-electron chi connectivity index (χ3n) is 1.48. The van der Waals surface area contributed by atoms with Gasteiger partial charge in [-0.25, -0.2) is 0 Å². The maximum Gasteiger partial charge on any atom is 0.320 e. The van der Waals surface area contributed by atoms with Gasteiger partial charge in [-0.1, -0.05) is 0 Å². The molecule has 0 aromatic heterocycles. The third-order valence-corrected chi connectivity index (χ3v) is 1.48. The van der Waals surface area contributed by atoms with Crippen LogP contribution in [0.4, 0.5) is 11.4 Å². The molecule has 1 aromatic carbocycles. The van der Waals surface area contributed by atoms with Crippen LogP contribution in [0.25, 0.3) is 0 Å². The normalized spacial score (nSPS) is 10.1. The van der Waals surface area contributed by atoms with Crippen molar-refractivity contribution in [1.29, 1.82) is 0 Å². The predicted molar refractivity (Wildman–Crippen MR) is 62.0 cm³/mol. The molecule has 0 atom stereocenters. The van der Waals surface area contributed by atoms with Crippen molar-refractivity contribution in [2.45, 2.75) is 0 Å². The lowest BCUT2D eigenvalue weighted by atomic mass is 10.2. The largest absolute Gasteiger partial charge is 0.404 e. The molecule has 0 saturated heterocycles. The molecule has 12 heteroatoms. The number of hydrogen-bond donors (Lipinski definition) is 2. The zero-order valence-corrected chi connectivity index (χ0v) is 10.2. The van der Waals surface area contributed by atoms with Crippen LogP contribution < -0.4 is 10.7 Å². The fourth-order valence-corrected chi connectivity index (χ4v) is 0.862. The van der Waals surface area contributed by atoms with Gasteiger partial charge in [0.25, 0.3) is 15.8 Å². The second-order valence-corrected chi connectivity index (χ2v) is 4.48. The summed E-state index contributed by atoms with van der Waals surface area (Å²) in [6.45, 7) is 0. The smallest absolute Gasteiger partial charge is 0.320 e. The van der Waals surface area contributed by atoms with Crippen molar-refractivity contribution in [2.24, 2.45) is 5.90 Å². The molecular formula is C7H9N3O8S. The molecule has 0 bridgehead atoms. The molecule has 0 spiro atoms. The van der Waals surface area contributed by atoms with E-state index >= 15 is 0 Å². The minimum absolute atomic E-state index is 0.222. The third kappa shape index (κ3) is 6.87. The molecular weight excluding hydrogens is 286 g/mol. The van der Waals surface area contributed by atoms with Crippen molar-refractivity contribution in [3.63, 3.8) is 0 Å². The van der Waals surface area contributed by atoms with E-state index in [2.05, 4.69) is 4.84 Å². The Bertz CT molecular complexity index is 576. The molecule has 0 aliphatic heterocycles. The van der Waals surface area contributed by atoms with E-state index in [1.165, 1.54) is 0 Å². The second-order valence-electron chi connectivity index (χ2n) is 3.02. The highest BCUT2D eigenvalue weighted by atomic mass is 32.2. The number of nitrogens with zero attached hydrogens (tertiary/aromatic N) is 2. The van der Waals surface area contributed by atoms with E-state index in [0.717, 1.165) is 18.2 Å². The number of non-ortho nitro benzene ring substituents is 1. The van der Waals surface area contributed by atoms with Crippen molar-refractivity contribution in [1.82, 2.24) is 0 Å². The molecule has 0 unspecified atom stereocenters. The minimum atomic E-state index is -3.67. The first kappa shape index (κ1) is 16.7. The average molecular weight is 295 g/mol. The van der Waals surface area contributed by atoms with Crippen LogP contribution >= 0.6 is 0 Å². The molecule has 0 fully saturated rings. The van der Waals surface area contributed by atoms with Gasteiger partial charge < -0.3 is 4.84 Å². The Morgan fingerprint density at radius 3 is 2.05 bits per heavy atom. The molecule has 0 aliphatic rings. The zero-order valence-electron chi connectivity index (χ0n) is 9.42. The summed E-state index contributed by atoms with van der Waals surface area (Å²) in [4.78, 5) is 23.3. The Kier molecular flexibility index (Phi) is 5.78. The lowest BCUT2D eigenvalue weighted by molar-refractivity contribution is -0.394. The van der Waals surface area contributed by atoms with Gasteiger partial charge in [0, 0.05) is 6.07 Å². The Balaban J connectivity index is 0.000000555. The molecule has 0 amide bonds. The summed E-state index contributed by atoms with van der Waals surface area (Å²) in [5.74, 6) is 4.52. The summed E-state index contributed by atoms with van der Waals surface area (Å²) in [6, 6.07) is 2.91. The number of nitro groups is 2. The van der Waals surface area contributed by atoms with E-state index in [4.69, 9.17) is 10.4 Å². The van der Waals surface area contributed by atoms with Crippen LogP contribution in [0, 0.1) is 20.2 Å². The highest BCUT2D eigenvalue weighted by molar-refractivity contribution is 7.85. The van der Waals surface area contributed by atoms with Gasteiger partial charge in [-0.2, -0.15) is 14.3 Å². The van der Waals surface area contributed by atoms with E-state index in [1.807, 2.05) is 0 Å². The monoisotopic (exact) mass is 295 g/mol. The standard InChI is InChI=1S/C6H5N3O5.CH4O3S/c7-14-6-2-1-4(8(10)11)3-5(6)9(12)13;1-5(2,3)4/h1-3H,7H2;1H3,(H,2,3,4). The van der Waals surface area contributed by atoms with Gasteiger partial charge >= 0.3 is 5.69 Å². The molecule has 19 heavy (non-hydrogen) atoms. The summed E-state index contributed by atoms with van der Waals surface area (Å²) in [7, 11) is -3.67. The molecule has 0 aliphatic carbocycles. The molecule has 0 radical (unpaired) electrons. The van der Waals surface area contributed by atoms with Crippen molar-refractivity contribution < 1.29 is 27.7 Å². The minimum Gasteiger partial charge on any atom is -0.404 e.